The zero-order valence-electron chi connectivity index (χ0n) is 11.5. The second-order valence-electron chi connectivity index (χ2n) is 4.33. The molecule has 2 nitrogen and oxygen atoms in total. The molecule has 0 aliphatic rings. The molecule has 100 valence electrons. The first-order chi connectivity index (χ1) is 8.80. The third-order valence-electron chi connectivity index (χ3n) is 2.82. The molecule has 0 aliphatic carbocycles. The maximum Gasteiger partial charge on any atom is 0.202 e. The molecule has 0 saturated carbocycles. The van der Waals surface area contributed by atoms with E-state index in [1.807, 2.05) is 13.0 Å². The fourth-order valence-corrected chi connectivity index (χ4v) is 3.75. The number of ether oxygens (including phenoxy) is 1. The molecule has 1 aromatic carbocycles. The third kappa shape index (κ3) is 5.62. The molecule has 0 bridgehead atoms. The predicted octanol–water partition coefficient (Wildman–Crippen LogP) is 3.56. The van der Waals surface area contributed by atoms with Crippen LogP contribution in [0.15, 0.2) is 30.8 Å². The Labute approximate surface area is 112 Å². The van der Waals surface area contributed by atoms with E-state index in [9.17, 15) is 0 Å². The molecule has 0 radical (unpaired) electrons. The molecular formula is C15H24O2Si. The highest BCUT2D eigenvalue weighted by Gasteiger charge is 2.11. The molecule has 0 amide bonds. The van der Waals surface area contributed by atoms with Gasteiger partial charge in [-0.2, -0.15) is 0 Å². The van der Waals surface area contributed by atoms with Crippen molar-refractivity contribution in [2.75, 3.05) is 12.8 Å². The van der Waals surface area contributed by atoms with E-state index in [-0.39, 0.29) is 0 Å². The second kappa shape index (κ2) is 9.08. The summed E-state index contributed by atoms with van der Waals surface area (Å²) in [5.41, 5.74) is 2.38. The quantitative estimate of drug-likeness (QED) is 0.635. The largest absolute Gasteiger partial charge is 0.413 e. The maximum atomic E-state index is 6.03. The summed E-state index contributed by atoms with van der Waals surface area (Å²) in [4.78, 5) is 0. The summed E-state index contributed by atoms with van der Waals surface area (Å²) in [6.45, 7) is 9.48. The maximum absolute atomic E-state index is 6.03. The van der Waals surface area contributed by atoms with Crippen LogP contribution in [-0.4, -0.2) is 21.9 Å². The van der Waals surface area contributed by atoms with Gasteiger partial charge in [-0.1, -0.05) is 50.3 Å². The van der Waals surface area contributed by atoms with E-state index in [0.717, 1.165) is 18.4 Å². The van der Waals surface area contributed by atoms with Crippen LogP contribution < -0.4 is 0 Å². The van der Waals surface area contributed by atoms with Crippen LogP contribution >= 0.6 is 0 Å². The van der Waals surface area contributed by atoms with Crippen molar-refractivity contribution in [3.05, 3.63) is 42.0 Å². The number of hydrogen-bond donors (Lipinski definition) is 0. The summed E-state index contributed by atoms with van der Waals surface area (Å²) in [7, 11) is -1.18. The summed E-state index contributed by atoms with van der Waals surface area (Å²) in [6, 6.07) is 9.55. The lowest BCUT2D eigenvalue weighted by atomic mass is 10.1. The Bertz CT molecular complexity index is 335. The Morgan fingerprint density at radius 3 is 2.50 bits per heavy atom. The number of benzene rings is 1. The van der Waals surface area contributed by atoms with Crippen molar-refractivity contribution < 1.29 is 9.16 Å². The lowest BCUT2D eigenvalue weighted by molar-refractivity contribution is 0.169. The Morgan fingerprint density at radius 1 is 1.22 bits per heavy atom. The zero-order chi connectivity index (χ0) is 13.2. The molecule has 0 N–H and O–H groups in total. The highest BCUT2D eigenvalue weighted by atomic mass is 28.3. The summed E-state index contributed by atoms with van der Waals surface area (Å²) < 4.78 is 11.5. The molecular weight excluding hydrogens is 240 g/mol. The van der Waals surface area contributed by atoms with Gasteiger partial charge in [0.25, 0.3) is 0 Å². The molecule has 0 fully saturated rings. The molecule has 1 aromatic rings. The summed E-state index contributed by atoms with van der Waals surface area (Å²) >= 11 is 0. The van der Waals surface area contributed by atoms with Crippen molar-refractivity contribution in [2.24, 2.45) is 0 Å². The minimum absolute atomic E-state index is 0.710. The molecule has 3 heteroatoms. The Hall–Kier alpha value is -0.903. The Morgan fingerprint density at radius 2 is 1.94 bits per heavy atom. The van der Waals surface area contributed by atoms with Gasteiger partial charge in [0.1, 0.15) is 0 Å². The zero-order valence-corrected chi connectivity index (χ0v) is 12.7. The average Bonchev–Trinajstić information content (AvgIpc) is 2.42. The molecule has 18 heavy (non-hydrogen) atoms. The van der Waals surface area contributed by atoms with Crippen LogP contribution in [0.3, 0.4) is 0 Å². The van der Waals surface area contributed by atoms with E-state index in [1.165, 1.54) is 18.0 Å². The third-order valence-corrected chi connectivity index (χ3v) is 5.29. The van der Waals surface area contributed by atoms with Crippen molar-refractivity contribution in [3.8, 4) is 0 Å². The van der Waals surface area contributed by atoms with Crippen molar-refractivity contribution in [3.63, 3.8) is 0 Å². The van der Waals surface area contributed by atoms with Gasteiger partial charge >= 0.3 is 0 Å². The molecule has 1 atom stereocenters. The van der Waals surface area contributed by atoms with Crippen LogP contribution in [0.25, 0.3) is 6.08 Å². The first kappa shape index (κ1) is 15.2. The highest BCUT2D eigenvalue weighted by Crippen LogP contribution is 2.09. The van der Waals surface area contributed by atoms with Gasteiger partial charge in [-0.05, 0) is 24.1 Å². The van der Waals surface area contributed by atoms with Crippen LogP contribution in [0.5, 0.6) is 0 Å². The first-order valence-electron chi connectivity index (χ1n) is 6.70. The van der Waals surface area contributed by atoms with Gasteiger partial charge in [0.2, 0.25) is 9.04 Å². The molecule has 1 rings (SSSR count). The number of rotatable bonds is 9. The topological polar surface area (TPSA) is 18.5 Å². The smallest absolute Gasteiger partial charge is 0.202 e. The van der Waals surface area contributed by atoms with Gasteiger partial charge in [0.05, 0.1) is 12.8 Å². The lowest BCUT2D eigenvalue weighted by Crippen LogP contribution is -2.25. The van der Waals surface area contributed by atoms with Crippen molar-refractivity contribution in [1.29, 1.82) is 0 Å². The van der Waals surface area contributed by atoms with E-state index in [2.05, 4.69) is 37.8 Å². The average molecular weight is 264 g/mol. The fourth-order valence-electron chi connectivity index (χ4n) is 1.75. The van der Waals surface area contributed by atoms with Gasteiger partial charge in [-0.15, -0.1) is 0 Å². The second-order valence-corrected chi connectivity index (χ2v) is 6.81. The van der Waals surface area contributed by atoms with Gasteiger partial charge in [-0.25, -0.2) is 0 Å². The van der Waals surface area contributed by atoms with Gasteiger partial charge in [0.15, 0.2) is 0 Å². The van der Waals surface area contributed by atoms with Crippen LogP contribution in [0, 0.1) is 0 Å². The van der Waals surface area contributed by atoms with Crippen LogP contribution in [0.1, 0.15) is 31.4 Å². The molecule has 0 spiro atoms. The number of hydrogen-bond acceptors (Lipinski definition) is 2. The van der Waals surface area contributed by atoms with Crippen LogP contribution in [0.4, 0.5) is 0 Å². The first-order valence-corrected chi connectivity index (χ1v) is 8.81. The Balaban J connectivity index is 2.41. The summed E-state index contributed by atoms with van der Waals surface area (Å²) in [5, 5.41) is 0. The summed E-state index contributed by atoms with van der Waals surface area (Å²) in [6.07, 6.45) is 3.86. The van der Waals surface area contributed by atoms with Crippen LogP contribution in [0.2, 0.25) is 6.04 Å². The Kier molecular flexibility index (Phi) is 7.65. The lowest BCUT2D eigenvalue weighted by Gasteiger charge is -2.15. The fraction of sp³-hybridized carbons (Fsp3) is 0.467. The van der Waals surface area contributed by atoms with E-state index < -0.39 is 9.04 Å². The van der Waals surface area contributed by atoms with Gasteiger partial charge < -0.3 is 9.16 Å². The highest BCUT2D eigenvalue weighted by molar-refractivity contribution is 6.51. The molecule has 0 heterocycles. The minimum Gasteiger partial charge on any atom is -0.413 e. The van der Waals surface area contributed by atoms with Crippen LogP contribution in [-0.2, 0) is 15.8 Å². The van der Waals surface area contributed by atoms with Crippen molar-refractivity contribution >= 4 is 15.1 Å². The molecule has 0 aliphatic heterocycles. The van der Waals surface area contributed by atoms with Gasteiger partial charge in [-0.3, -0.25) is 0 Å². The predicted molar refractivity (Wildman–Crippen MR) is 80.1 cm³/mol. The normalized spacial score (nSPS) is 12.3. The summed E-state index contributed by atoms with van der Waals surface area (Å²) in [5.74, 6) is 0. The van der Waals surface area contributed by atoms with E-state index in [0.29, 0.717) is 6.61 Å². The minimum atomic E-state index is -1.18. The van der Waals surface area contributed by atoms with Crippen molar-refractivity contribution in [1.82, 2.24) is 0 Å². The SMILES string of the molecule is C=Cc1ccc(CO[SiH](CCC)COCC)cc1. The van der Waals surface area contributed by atoms with Gasteiger partial charge in [0, 0.05) is 6.61 Å². The van der Waals surface area contributed by atoms with E-state index in [4.69, 9.17) is 9.16 Å². The standard InChI is InChI=1S/C15H24O2Si/c1-4-11-18(13-16-6-3)17-12-15-9-7-14(5-2)8-10-15/h5,7-10,18H,2,4,6,11-13H2,1,3H3. The van der Waals surface area contributed by atoms with E-state index in [1.54, 1.807) is 0 Å². The molecule has 0 saturated heterocycles. The monoisotopic (exact) mass is 264 g/mol. The molecule has 0 aromatic heterocycles. The van der Waals surface area contributed by atoms with E-state index >= 15 is 0 Å². The van der Waals surface area contributed by atoms with Crippen molar-refractivity contribution in [2.45, 2.75) is 32.9 Å². The molecule has 1 unspecified atom stereocenters.